The number of rotatable bonds is 5. The summed E-state index contributed by atoms with van der Waals surface area (Å²) in [6, 6.07) is 18.4. The number of hydrogen-bond acceptors (Lipinski definition) is 5. The summed E-state index contributed by atoms with van der Waals surface area (Å²) in [5.41, 5.74) is 3.35. The van der Waals surface area contributed by atoms with Gasteiger partial charge in [0.1, 0.15) is 10.8 Å². The highest BCUT2D eigenvalue weighted by Crippen LogP contribution is 2.28. The molecule has 0 saturated heterocycles. The van der Waals surface area contributed by atoms with Gasteiger partial charge in [0.15, 0.2) is 6.10 Å². The number of carbonyl (C=O) groups is 1. The number of halogens is 1. The first-order valence-electron chi connectivity index (χ1n) is 9.00. The lowest BCUT2D eigenvalue weighted by molar-refractivity contribution is 0.0370. The van der Waals surface area contributed by atoms with Gasteiger partial charge in [0.05, 0.1) is 11.3 Å². The smallest absolute Gasteiger partial charge is 0.339 e. The molecule has 144 valence electrons. The van der Waals surface area contributed by atoms with Gasteiger partial charge in [0.2, 0.25) is 0 Å². The first-order valence-corrected chi connectivity index (χ1v) is 9.88. The Morgan fingerprint density at radius 2 is 1.90 bits per heavy atom. The molecule has 2 aromatic carbocycles. The van der Waals surface area contributed by atoms with Crippen LogP contribution in [0.25, 0.3) is 10.6 Å². The molecule has 0 radical (unpaired) electrons. The third-order valence-corrected chi connectivity index (χ3v) is 5.33. The highest BCUT2D eigenvalue weighted by atomic mass is 32.1. The van der Waals surface area contributed by atoms with Gasteiger partial charge in [-0.2, -0.15) is 0 Å². The van der Waals surface area contributed by atoms with Crippen molar-refractivity contribution in [3.05, 3.63) is 107 Å². The van der Waals surface area contributed by atoms with Gasteiger partial charge in [-0.3, -0.25) is 4.98 Å². The molecule has 2 aromatic heterocycles. The molecule has 0 amide bonds. The van der Waals surface area contributed by atoms with Crippen LogP contribution in [0.5, 0.6) is 0 Å². The van der Waals surface area contributed by atoms with E-state index in [4.69, 9.17) is 4.74 Å². The van der Waals surface area contributed by atoms with E-state index in [0.717, 1.165) is 16.3 Å². The molecular formula is C23H17FN2O2S. The van der Waals surface area contributed by atoms with E-state index in [9.17, 15) is 9.18 Å². The van der Waals surface area contributed by atoms with Crippen molar-refractivity contribution in [1.29, 1.82) is 0 Å². The lowest BCUT2D eigenvalue weighted by Gasteiger charge is -2.18. The Hall–Kier alpha value is -3.38. The standard InChI is InChI=1S/C23H17FN2O2S/c1-15-14-29-22(26-15)16-8-10-17(11-9-16)23(27)28-21(20-7-2-3-12-25-20)18-5-4-6-19(24)13-18/h2-14,21H,1H3. The van der Waals surface area contributed by atoms with E-state index in [-0.39, 0.29) is 0 Å². The van der Waals surface area contributed by atoms with Crippen LogP contribution < -0.4 is 0 Å². The molecule has 0 fully saturated rings. The van der Waals surface area contributed by atoms with Crippen LogP contribution in [0.3, 0.4) is 0 Å². The molecule has 0 aliphatic carbocycles. The number of benzene rings is 2. The fourth-order valence-electron chi connectivity index (χ4n) is 2.91. The van der Waals surface area contributed by atoms with Crippen molar-refractivity contribution in [3.8, 4) is 10.6 Å². The van der Waals surface area contributed by atoms with E-state index in [1.165, 1.54) is 12.1 Å². The van der Waals surface area contributed by atoms with Crippen LogP contribution >= 0.6 is 11.3 Å². The number of hydrogen-bond donors (Lipinski definition) is 0. The summed E-state index contributed by atoms with van der Waals surface area (Å²) in [4.78, 5) is 21.5. The average Bonchev–Trinajstić information content (AvgIpc) is 3.19. The zero-order valence-electron chi connectivity index (χ0n) is 15.6. The van der Waals surface area contributed by atoms with Gasteiger partial charge >= 0.3 is 5.97 Å². The maximum atomic E-state index is 13.7. The lowest BCUT2D eigenvalue weighted by Crippen LogP contribution is -2.14. The second-order valence-electron chi connectivity index (χ2n) is 6.47. The molecule has 0 saturated carbocycles. The fraction of sp³-hybridized carbons (Fsp3) is 0.0870. The lowest BCUT2D eigenvalue weighted by atomic mass is 10.1. The third kappa shape index (κ3) is 4.38. The van der Waals surface area contributed by atoms with E-state index < -0.39 is 17.9 Å². The van der Waals surface area contributed by atoms with Gasteiger partial charge in [-0.1, -0.05) is 30.3 Å². The first kappa shape index (κ1) is 19.0. The second kappa shape index (κ2) is 8.32. The van der Waals surface area contributed by atoms with Gasteiger partial charge in [-0.15, -0.1) is 11.3 Å². The summed E-state index contributed by atoms with van der Waals surface area (Å²) in [5.74, 6) is -0.908. The van der Waals surface area contributed by atoms with Gasteiger partial charge in [0.25, 0.3) is 0 Å². The van der Waals surface area contributed by atoms with Crippen LogP contribution in [0.4, 0.5) is 4.39 Å². The van der Waals surface area contributed by atoms with Crippen molar-refractivity contribution in [1.82, 2.24) is 9.97 Å². The van der Waals surface area contributed by atoms with Crippen molar-refractivity contribution in [2.45, 2.75) is 13.0 Å². The van der Waals surface area contributed by atoms with Crippen LogP contribution in [0, 0.1) is 12.7 Å². The Morgan fingerprint density at radius 3 is 2.55 bits per heavy atom. The number of nitrogens with zero attached hydrogens (tertiary/aromatic N) is 2. The largest absolute Gasteiger partial charge is 0.447 e. The number of aryl methyl sites for hydroxylation is 1. The number of esters is 1. The molecule has 0 spiro atoms. The predicted molar refractivity (Wildman–Crippen MR) is 110 cm³/mol. The highest BCUT2D eigenvalue weighted by Gasteiger charge is 2.22. The Kier molecular flexibility index (Phi) is 5.44. The molecule has 4 rings (SSSR count). The summed E-state index contributed by atoms with van der Waals surface area (Å²) in [6.45, 7) is 1.94. The maximum absolute atomic E-state index is 13.7. The molecule has 0 aliphatic heterocycles. The van der Waals surface area contributed by atoms with Crippen molar-refractivity contribution < 1.29 is 13.9 Å². The maximum Gasteiger partial charge on any atom is 0.339 e. The summed E-state index contributed by atoms with van der Waals surface area (Å²) in [5, 5.41) is 2.88. The molecule has 0 aliphatic rings. The average molecular weight is 404 g/mol. The van der Waals surface area contributed by atoms with Crippen LogP contribution in [-0.4, -0.2) is 15.9 Å². The zero-order chi connectivity index (χ0) is 20.2. The molecule has 1 atom stereocenters. The zero-order valence-corrected chi connectivity index (χ0v) is 16.4. The van der Waals surface area contributed by atoms with Crippen molar-refractivity contribution in [2.24, 2.45) is 0 Å². The van der Waals surface area contributed by atoms with Crippen molar-refractivity contribution in [3.63, 3.8) is 0 Å². The quantitative estimate of drug-likeness (QED) is 0.406. The number of ether oxygens (including phenoxy) is 1. The number of thiazole rings is 1. The van der Waals surface area contributed by atoms with Crippen molar-refractivity contribution in [2.75, 3.05) is 0 Å². The number of aromatic nitrogens is 2. The summed E-state index contributed by atoms with van der Waals surface area (Å²) >= 11 is 1.55. The molecule has 6 heteroatoms. The molecule has 1 unspecified atom stereocenters. The van der Waals surface area contributed by atoms with Crippen LogP contribution in [0.2, 0.25) is 0 Å². The SMILES string of the molecule is Cc1csc(-c2ccc(C(=O)OC(c3cccc(F)c3)c3ccccn3)cc2)n1. The minimum Gasteiger partial charge on any atom is -0.447 e. The summed E-state index contributed by atoms with van der Waals surface area (Å²) in [7, 11) is 0. The number of pyridine rings is 1. The second-order valence-corrected chi connectivity index (χ2v) is 7.32. The van der Waals surface area contributed by atoms with Gasteiger partial charge in [-0.25, -0.2) is 14.2 Å². The van der Waals surface area contributed by atoms with E-state index in [2.05, 4.69) is 9.97 Å². The minimum absolute atomic E-state index is 0.400. The first-order chi connectivity index (χ1) is 14.1. The Morgan fingerprint density at radius 1 is 1.07 bits per heavy atom. The Labute approximate surface area is 171 Å². The molecule has 4 aromatic rings. The van der Waals surface area contributed by atoms with Gasteiger partial charge in [-0.05, 0) is 43.3 Å². The topological polar surface area (TPSA) is 52.1 Å². The Balaban J connectivity index is 1.59. The molecule has 29 heavy (non-hydrogen) atoms. The molecule has 2 heterocycles. The van der Waals surface area contributed by atoms with E-state index in [0.29, 0.717) is 16.8 Å². The fourth-order valence-corrected chi connectivity index (χ4v) is 3.71. The van der Waals surface area contributed by atoms with E-state index in [1.807, 2.05) is 24.4 Å². The van der Waals surface area contributed by atoms with E-state index >= 15 is 0 Å². The molecule has 0 N–H and O–H groups in total. The van der Waals surface area contributed by atoms with Gasteiger partial charge < -0.3 is 4.74 Å². The predicted octanol–water partition coefficient (Wildman–Crippen LogP) is 5.60. The van der Waals surface area contributed by atoms with Crippen LogP contribution in [0.15, 0.2) is 78.3 Å². The monoisotopic (exact) mass is 404 g/mol. The van der Waals surface area contributed by atoms with Gasteiger partial charge in [0, 0.05) is 28.4 Å². The molecular weight excluding hydrogens is 387 g/mol. The minimum atomic E-state index is -0.805. The molecule has 0 bridgehead atoms. The van der Waals surface area contributed by atoms with Crippen LogP contribution in [0.1, 0.15) is 33.4 Å². The normalized spacial score (nSPS) is 11.8. The third-order valence-electron chi connectivity index (χ3n) is 4.32. The van der Waals surface area contributed by atoms with Crippen molar-refractivity contribution >= 4 is 17.3 Å². The summed E-state index contributed by atoms with van der Waals surface area (Å²) in [6.07, 6.45) is 0.806. The van der Waals surface area contributed by atoms with E-state index in [1.54, 1.807) is 60.0 Å². The van der Waals surface area contributed by atoms with Crippen LogP contribution in [-0.2, 0) is 4.74 Å². The Bertz CT molecular complexity index is 1130. The molecule has 4 nitrogen and oxygen atoms in total. The highest BCUT2D eigenvalue weighted by molar-refractivity contribution is 7.13. The summed E-state index contributed by atoms with van der Waals surface area (Å²) < 4.78 is 19.5. The number of carbonyl (C=O) groups excluding carboxylic acids is 1.